The number of hydrogen-bond acceptors (Lipinski definition) is 4. The van der Waals surface area contributed by atoms with E-state index in [9.17, 15) is 8.42 Å². The first-order chi connectivity index (χ1) is 9.95. The van der Waals surface area contributed by atoms with Gasteiger partial charge in [-0.25, -0.2) is 13.1 Å². The summed E-state index contributed by atoms with van der Waals surface area (Å²) in [5.41, 5.74) is 1.15. The van der Waals surface area contributed by atoms with E-state index in [1.165, 1.54) is 7.11 Å². The zero-order valence-corrected chi connectivity index (χ0v) is 13.9. The minimum Gasteiger partial charge on any atom is -0.383 e. The Balaban J connectivity index is 2.49. The van der Waals surface area contributed by atoms with E-state index in [4.69, 9.17) is 4.74 Å². The van der Waals surface area contributed by atoms with Gasteiger partial charge in [0.1, 0.15) is 0 Å². The molecule has 0 unspecified atom stereocenters. The molecule has 0 spiro atoms. The highest BCUT2D eigenvalue weighted by molar-refractivity contribution is 7.89. The Morgan fingerprint density at radius 2 is 1.81 bits per heavy atom. The molecule has 0 saturated carbocycles. The fraction of sp³-hybridized carbons (Fsp3) is 0.600. The van der Waals surface area contributed by atoms with Crippen LogP contribution in [0.25, 0.3) is 0 Å². The summed E-state index contributed by atoms with van der Waals surface area (Å²) in [7, 11) is -1.89. The van der Waals surface area contributed by atoms with Crippen LogP contribution in [-0.2, 0) is 21.2 Å². The molecular formula is C15H26N2O3S. The van der Waals surface area contributed by atoms with Gasteiger partial charge in [-0.3, -0.25) is 0 Å². The number of aryl methyl sites for hydroxylation is 1. The summed E-state index contributed by atoms with van der Waals surface area (Å²) < 4.78 is 31.3. The zero-order chi connectivity index (χ0) is 15.7. The van der Waals surface area contributed by atoms with Crippen LogP contribution in [0.3, 0.4) is 0 Å². The third-order valence-electron chi connectivity index (χ3n) is 3.03. The van der Waals surface area contributed by atoms with E-state index < -0.39 is 10.0 Å². The quantitative estimate of drug-likeness (QED) is 0.643. The van der Waals surface area contributed by atoms with E-state index in [2.05, 4.69) is 23.9 Å². The largest absolute Gasteiger partial charge is 0.383 e. The summed E-state index contributed by atoms with van der Waals surface area (Å²) in [4.78, 5) is 0.294. The van der Waals surface area contributed by atoms with E-state index in [0.29, 0.717) is 17.5 Å². The maximum atomic E-state index is 12.0. The molecule has 21 heavy (non-hydrogen) atoms. The second kappa shape index (κ2) is 9.15. The van der Waals surface area contributed by atoms with Gasteiger partial charge in [0.25, 0.3) is 0 Å². The van der Waals surface area contributed by atoms with E-state index >= 15 is 0 Å². The maximum absolute atomic E-state index is 12.0. The second-order valence-electron chi connectivity index (χ2n) is 5.25. The summed E-state index contributed by atoms with van der Waals surface area (Å²) in [6.45, 7) is 5.85. The number of methoxy groups -OCH3 is 1. The molecule has 1 aromatic rings. The maximum Gasteiger partial charge on any atom is 0.240 e. The van der Waals surface area contributed by atoms with E-state index in [1.54, 1.807) is 12.1 Å². The summed E-state index contributed by atoms with van der Waals surface area (Å²) in [6, 6.07) is 7.55. The Hall–Kier alpha value is -0.950. The van der Waals surface area contributed by atoms with Crippen molar-refractivity contribution in [2.24, 2.45) is 0 Å². The highest BCUT2D eigenvalue weighted by Crippen LogP contribution is 2.11. The third kappa shape index (κ3) is 7.04. The minimum atomic E-state index is -3.43. The molecule has 5 nitrogen and oxygen atoms in total. The van der Waals surface area contributed by atoms with Gasteiger partial charge >= 0.3 is 0 Å². The van der Waals surface area contributed by atoms with Crippen molar-refractivity contribution in [3.63, 3.8) is 0 Å². The molecule has 0 saturated heterocycles. The molecule has 0 aromatic heterocycles. The lowest BCUT2D eigenvalue weighted by atomic mass is 10.1. The van der Waals surface area contributed by atoms with Crippen molar-refractivity contribution in [2.75, 3.05) is 26.8 Å². The van der Waals surface area contributed by atoms with Gasteiger partial charge < -0.3 is 10.1 Å². The molecular weight excluding hydrogens is 288 g/mol. The van der Waals surface area contributed by atoms with Crippen molar-refractivity contribution in [1.82, 2.24) is 10.0 Å². The van der Waals surface area contributed by atoms with Crippen LogP contribution >= 0.6 is 0 Å². The molecule has 0 aliphatic carbocycles. The molecule has 1 aromatic carbocycles. The highest BCUT2D eigenvalue weighted by Gasteiger charge is 2.12. The van der Waals surface area contributed by atoms with Crippen LogP contribution in [0.1, 0.15) is 25.8 Å². The monoisotopic (exact) mass is 314 g/mol. The summed E-state index contributed by atoms with van der Waals surface area (Å²) in [5.74, 6) is 0. The molecule has 120 valence electrons. The summed E-state index contributed by atoms with van der Waals surface area (Å²) in [6.07, 6.45) is 1.98. The van der Waals surface area contributed by atoms with Crippen LogP contribution in [0.4, 0.5) is 0 Å². The molecule has 0 aliphatic rings. The average Bonchev–Trinajstić information content (AvgIpc) is 2.44. The van der Waals surface area contributed by atoms with Gasteiger partial charge in [-0.2, -0.15) is 0 Å². The van der Waals surface area contributed by atoms with Gasteiger partial charge in [-0.05, 0) is 37.1 Å². The number of ether oxygens (including phenoxy) is 1. The van der Waals surface area contributed by atoms with Crippen LogP contribution in [-0.4, -0.2) is 41.3 Å². The minimum absolute atomic E-state index is 0.279. The molecule has 1 rings (SSSR count). The van der Waals surface area contributed by atoms with Crippen molar-refractivity contribution in [1.29, 1.82) is 0 Å². The van der Waals surface area contributed by atoms with Gasteiger partial charge in [-0.15, -0.1) is 0 Å². The van der Waals surface area contributed by atoms with Gasteiger partial charge in [0, 0.05) is 19.7 Å². The number of benzene rings is 1. The van der Waals surface area contributed by atoms with Gasteiger partial charge in [0.05, 0.1) is 11.5 Å². The Labute approximate surface area is 128 Å². The fourth-order valence-corrected chi connectivity index (χ4v) is 2.89. The van der Waals surface area contributed by atoms with E-state index in [-0.39, 0.29) is 6.54 Å². The summed E-state index contributed by atoms with van der Waals surface area (Å²) in [5, 5.41) is 3.36. The normalized spacial score (nSPS) is 12.0. The topological polar surface area (TPSA) is 67.4 Å². The van der Waals surface area contributed by atoms with Crippen molar-refractivity contribution < 1.29 is 13.2 Å². The van der Waals surface area contributed by atoms with Crippen LogP contribution in [0.5, 0.6) is 0 Å². The molecule has 0 amide bonds. The van der Waals surface area contributed by atoms with Gasteiger partial charge in [0.2, 0.25) is 10.0 Å². The zero-order valence-electron chi connectivity index (χ0n) is 13.1. The lowest BCUT2D eigenvalue weighted by Crippen LogP contribution is -2.27. The predicted molar refractivity (Wildman–Crippen MR) is 85.0 cm³/mol. The van der Waals surface area contributed by atoms with Crippen LogP contribution < -0.4 is 10.0 Å². The molecule has 2 N–H and O–H groups in total. The SMILES string of the molecule is COCCNS(=O)(=O)c1ccc(CCCNC(C)C)cc1. The molecule has 6 heteroatoms. The lowest BCUT2D eigenvalue weighted by molar-refractivity contribution is 0.204. The van der Waals surface area contributed by atoms with E-state index in [1.807, 2.05) is 12.1 Å². The smallest absolute Gasteiger partial charge is 0.240 e. The van der Waals surface area contributed by atoms with E-state index in [0.717, 1.165) is 24.9 Å². The van der Waals surface area contributed by atoms with Crippen LogP contribution in [0.15, 0.2) is 29.2 Å². The van der Waals surface area contributed by atoms with Crippen LogP contribution in [0.2, 0.25) is 0 Å². The van der Waals surface area contributed by atoms with Gasteiger partial charge in [-0.1, -0.05) is 26.0 Å². The molecule has 0 radical (unpaired) electrons. The van der Waals surface area contributed by atoms with Crippen molar-refractivity contribution in [3.05, 3.63) is 29.8 Å². The third-order valence-corrected chi connectivity index (χ3v) is 4.50. The molecule has 0 heterocycles. The van der Waals surface area contributed by atoms with Crippen molar-refractivity contribution in [2.45, 2.75) is 37.6 Å². The Morgan fingerprint density at radius 3 is 2.38 bits per heavy atom. The van der Waals surface area contributed by atoms with Crippen molar-refractivity contribution >= 4 is 10.0 Å². The first-order valence-corrected chi connectivity index (χ1v) is 8.75. The second-order valence-corrected chi connectivity index (χ2v) is 7.01. The number of hydrogen-bond donors (Lipinski definition) is 2. The molecule has 0 fully saturated rings. The van der Waals surface area contributed by atoms with Crippen LogP contribution in [0, 0.1) is 0 Å². The number of sulfonamides is 1. The lowest BCUT2D eigenvalue weighted by Gasteiger charge is -2.09. The van der Waals surface area contributed by atoms with Crippen molar-refractivity contribution in [3.8, 4) is 0 Å². The number of nitrogens with one attached hydrogen (secondary N) is 2. The Bertz CT molecular complexity index is 498. The van der Waals surface area contributed by atoms with Gasteiger partial charge in [0.15, 0.2) is 0 Å². The Morgan fingerprint density at radius 1 is 1.14 bits per heavy atom. The standard InChI is InChI=1S/C15H26N2O3S/c1-13(2)16-10-4-5-14-6-8-15(9-7-14)21(18,19)17-11-12-20-3/h6-9,13,16-17H,4-5,10-12H2,1-3H3. The Kier molecular flexibility index (Phi) is 7.88. The predicted octanol–water partition coefficient (Wildman–Crippen LogP) is 1.54. The highest BCUT2D eigenvalue weighted by atomic mass is 32.2. The number of rotatable bonds is 10. The first-order valence-electron chi connectivity index (χ1n) is 7.26. The summed E-state index contributed by atoms with van der Waals surface area (Å²) >= 11 is 0. The molecule has 0 bridgehead atoms. The molecule has 0 aliphatic heterocycles. The first kappa shape index (κ1) is 18.1. The fourth-order valence-electron chi connectivity index (χ4n) is 1.88. The molecule has 0 atom stereocenters. The average molecular weight is 314 g/mol.